The van der Waals surface area contributed by atoms with Crippen LogP contribution < -0.4 is 10.9 Å². The molecule has 3 aromatic rings. The van der Waals surface area contributed by atoms with Crippen molar-refractivity contribution in [2.75, 3.05) is 39.3 Å². The van der Waals surface area contributed by atoms with Crippen molar-refractivity contribution < 1.29 is 18.9 Å². The van der Waals surface area contributed by atoms with Crippen LogP contribution in [-0.2, 0) is 13.1 Å². The van der Waals surface area contributed by atoms with E-state index in [0.717, 1.165) is 55.2 Å². The molecule has 1 amide bonds. The lowest BCUT2D eigenvalue weighted by molar-refractivity contribution is -0.879. The number of rotatable bonds is 9. The molecule has 3 aliphatic rings. The van der Waals surface area contributed by atoms with Crippen LogP contribution in [0.1, 0.15) is 53.6 Å². The van der Waals surface area contributed by atoms with Gasteiger partial charge in [0.05, 0.1) is 19.7 Å². The highest BCUT2D eigenvalue weighted by molar-refractivity contribution is 5.97. The maximum atomic E-state index is 15.1. The number of hydroxylamine groups is 3. The number of aliphatic hydroxyl groups excluding tert-OH is 1. The van der Waals surface area contributed by atoms with E-state index >= 15 is 4.39 Å². The number of benzene rings is 2. The average Bonchev–Trinajstić information content (AvgIpc) is 3.87. The Balaban J connectivity index is 1.38. The molecule has 1 aromatic heterocycles. The number of halogens is 1. The number of aliphatic hydroxyl groups is 1. The quantitative estimate of drug-likeness (QED) is 0.304. The maximum absolute atomic E-state index is 15.1. The predicted octanol–water partition coefficient (Wildman–Crippen LogP) is 3.93. The lowest BCUT2D eigenvalue weighted by Gasteiger charge is -2.41. The molecule has 218 valence electrons. The first-order valence-corrected chi connectivity index (χ1v) is 14.9. The fourth-order valence-corrected chi connectivity index (χ4v) is 6.02. The second-order valence-corrected chi connectivity index (χ2v) is 12.3. The maximum Gasteiger partial charge on any atom is 0.258 e. The summed E-state index contributed by atoms with van der Waals surface area (Å²) in [5.74, 6) is -0.176. The Hall–Kier alpha value is -3.11. The molecule has 1 saturated heterocycles. The molecule has 2 aliphatic carbocycles. The first-order valence-electron chi connectivity index (χ1n) is 14.9. The second kappa shape index (κ2) is 11.3. The minimum Gasteiger partial charge on any atom is -0.633 e. The predicted molar refractivity (Wildman–Crippen MR) is 157 cm³/mol. The van der Waals surface area contributed by atoms with Gasteiger partial charge in [-0.1, -0.05) is 6.07 Å². The van der Waals surface area contributed by atoms with Gasteiger partial charge in [-0.05, 0) is 90.4 Å². The van der Waals surface area contributed by atoms with Crippen LogP contribution in [0.4, 0.5) is 4.39 Å². The molecule has 1 unspecified atom stereocenters. The number of amides is 1. The van der Waals surface area contributed by atoms with E-state index in [4.69, 9.17) is 0 Å². The number of fused-ring (bicyclic) bond motifs is 1. The van der Waals surface area contributed by atoms with Crippen molar-refractivity contribution in [3.05, 3.63) is 74.6 Å². The van der Waals surface area contributed by atoms with Gasteiger partial charge in [-0.3, -0.25) is 14.5 Å². The monoisotopic (exact) mass is 562 g/mol. The Kier molecular flexibility index (Phi) is 7.72. The van der Waals surface area contributed by atoms with Crippen LogP contribution >= 0.6 is 0 Å². The molecule has 9 heteroatoms. The van der Waals surface area contributed by atoms with Gasteiger partial charge in [-0.15, -0.1) is 0 Å². The summed E-state index contributed by atoms with van der Waals surface area (Å²) in [5, 5.41) is 26.8. The molecule has 3 fully saturated rings. The number of hydrogen-bond acceptors (Lipinski definition) is 5. The summed E-state index contributed by atoms with van der Waals surface area (Å²) in [7, 11) is 0. The highest BCUT2D eigenvalue weighted by Crippen LogP contribution is 2.33. The zero-order valence-corrected chi connectivity index (χ0v) is 23.7. The Morgan fingerprint density at radius 2 is 1.93 bits per heavy atom. The van der Waals surface area contributed by atoms with Gasteiger partial charge in [-0.2, -0.15) is 0 Å². The van der Waals surface area contributed by atoms with Gasteiger partial charge in [0, 0.05) is 55.8 Å². The van der Waals surface area contributed by atoms with Crippen molar-refractivity contribution in [3.8, 4) is 11.1 Å². The molecule has 6 rings (SSSR count). The van der Waals surface area contributed by atoms with E-state index in [1.165, 1.54) is 6.07 Å². The van der Waals surface area contributed by atoms with Gasteiger partial charge in [0.2, 0.25) is 0 Å². The Bertz CT molecular complexity index is 1530. The summed E-state index contributed by atoms with van der Waals surface area (Å²) in [6, 6.07) is 8.84. The number of nitrogens with zero attached hydrogens (tertiary/aromatic N) is 3. The number of carbonyl (C=O) groups is 1. The van der Waals surface area contributed by atoms with Gasteiger partial charge < -0.3 is 24.8 Å². The second-order valence-electron chi connectivity index (χ2n) is 12.3. The molecule has 2 heterocycles. The smallest absolute Gasteiger partial charge is 0.258 e. The number of carbonyl (C=O) groups excluding carboxylic acids is 1. The summed E-state index contributed by atoms with van der Waals surface area (Å²) in [4.78, 5) is 28.6. The highest BCUT2D eigenvalue weighted by Gasteiger charge is 2.27. The molecular formula is C32H39FN4O4. The minimum absolute atomic E-state index is 0.0308. The molecule has 0 bridgehead atoms. The molecule has 2 N–H and O–H groups in total. The van der Waals surface area contributed by atoms with Gasteiger partial charge in [0.25, 0.3) is 11.5 Å². The summed E-state index contributed by atoms with van der Waals surface area (Å²) in [5.41, 5.74) is 3.10. The largest absolute Gasteiger partial charge is 0.633 e. The first kappa shape index (κ1) is 28.0. The third kappa shape index (κ3) is 6.23. The zero-order valence-electron chi connectivity index (χ0n) is 23.7. The fraction of sp³-hybridized carbons (Fsp3) is 0.500. The normalized spacial score (nSPS) is 21.7. The van der Waals surface area contributed by atoms with Crippen LogP contribution in [0.25, 0.3) is 21.9 Å². The van der Waals surface area contributed by atoms with Gasteiger partial charge >= 0.3 is 0 Å². The Morgan fingerprint density at radius 1 is 1.12 bits per heavy atom. The molecule has 2 saturated carbocycles. The summed E-state index contributed by atoms with van der Waals surface area (Å²) in [6.45, 7) is 5.35. The molecule has 0 spiro atoms. The van der Waals surface area contributed by atoms with E-state index in [9.17, 15) is 19.9 Å². The van der Waals surface area contributed by atoms with Crippen LogP contribution in [0.15, 0.2) is 41.3 Å². The van der Waals surface area contributed by atoms with Gasteiger partial charge in [0.1, 0.15) is 12.4 Å². The van der Waals surface area contributed by atoms with E-state index in [-0.39, 0.29) is 35.3 Å². The summed E-state index contributed by atoms with van der Waals surface area (Å²) >= 11 is 0. The van der Waals surface area contributed by atoms with Crippen molar-refractivity contribution in [1.29, 1.82) is 0 Å². The first-order chi connectivity index (χ1) is 19.7. The van der Waals surface area contributed by atoms with Crippen LogP contribution in [0, 0.1) is 23.9 Å². The molecule has 8 nitrogen and oxygen atoms in total. The number of nitrogens with one attached hydrogen (secondary N) is 1. The van der Waals surface area contributed by atoms with Crippen LogP contribution in [-0.4, -0.2) is 70.5 Å². The summed E-state index contributed by atoms with van der Waals surface area (Å²) in [6.07, 6.45) is 6.88. The molecule has 1 atom stereocenters. The van der Waals surface area contributed by atoms with E-state index in [1.54, 1.807) is 13.0 Å². The van der Waals surface area contributed by atoms with Crippen LogP contribution in [0.5, 0.6) is 0 Å². The van der Waals surface area contributed by atoms with Crippen LogP contribution in [0.3, 0.4) is 0 Å². The topological polar surface area (TPSA) is 97.6 Å². The highest BCUT2D eigenvalue weighted by atomic mass is 19.1. The lowest BCUT2D eigenvalue weighted by Crippen LogP contribution is -2.46. The Labute approximate surface area is 239 Å². The van der Waals surface area contributed by atoms with Gasteiger partial charge in [0.15, 0.2) is 0 Å². The minimum atomic E-state index is -0.435. The molecule has 2 aromatic carbocycles. The number of aromatic nitrogens is 1. The molecular weight excluding hydrogens is 523 g/mol. The van der Waals surface area contributed by atoms with E-state index < -0.39 is 5.82 Å². The van der Waals surface area contributed by atoms with E-state index in [0.29, 0.717) is 60.7 Å². The Morgan fingerprint density at radius 3 is 2.66 bits per heavy atom. The number of pyridine rings is 1. The molecule has 41 heavy (non-hydrogen) atoms. The standard InChI is InChI=1S/C32H39FN4O4/c1-21-28(16-24(17-30(21)33)31(39)34-26-6-7-26)23-5-8-27-29(15-23)25(20-36(32(27)40)18-22-3-4-22)19-35-9-2-11-37(41,12-10-35)13-14-38/h5,8,15-17,20,22,26,38H,2-4,6-7,9-14,18-19H2,1H3,(H,34,39). The van der Waals surface area contributed by atoms with Crippen LogP contribution in [0.2, 0.25) is 0 Å². The van der Waals surface area contributed by atoms with E-state index in [1.807, 2.05) is 29.0 Å². The average molecular weight is 563 g/mol. The third-order valence-corrected chi connectivity index (χ3v) is 8.92. The van der Waals surface area contributed by atoms with Crippen molar-refractivity contribution >= 4 is 16.7 Å². The zero-order chi connectivity index (χ0) is 28.7. The molecule has 1 aliphatic heterocycles. The fourth-order valence-electron chi connectivity index (χ4n) is 6.02. The van der Waals surface area contributed by atoms with Gasteiger partial charge in [-0.25, -0.2) is 4.39 Å². The van der Waals surface area contributed by atoms with Crippen molar-refractivity contribution in [2.45, 2.75) is 58.2 Å². The summed E-state index contributed by atoms with van der Waals surface area (Å²) < 4.78 is 16.5. The lowest BCUT2D eigenvalue weighted by atomic mass is 9.94. The van der Waals surface area contributed by atoms with E-state index in [2.05, 4.69) is 10.2 Å². The van der Waals surface area contributed by atoms with Crippen molar-refractivity contribution in [3.63, 3.8) is 0 Å². The SMILES string of the molecule is Cc1c(F)cc(C(=O)NC2CC2)cc1-c1ccc2c(=O)n(CC3CC3)cc(CN3CCC[N+]([O-])(CCO)CC3)c2c1. The van der Waals surface area contributed by atoms with Crippen molar-refractivity contribution in [2.24, 2.45) is 5.92 Å². The number of hydrogen-bond donors (Lipinski definition) is 2. The number of quaternary nitrogens is 1. The third-order valence-electron chi connectivity index (χ3n) is 8.92. The molecule has 0 radical (unpaired) electrons. The van der Waals surface area contributed by atoms with Crippen molar-refractivity contribution in [1.82, 2.24) is 14.8 Å².